The van der Waals surface area contributed by atoms with Gasteiger partial charge in [0.1, 0.15) is 5.78 Å². The van der Waals surface area contributed by atoms with E-state index in [9.17, 15) is 14.7 Å². The van der Waals surface area contributed by atoms with Gasteiger partial charge in [0.15, 0.2) is 5.78 Å². The molecule has 6 rings (SSSR count). The predicted octanol–water partition coefficient (Wildman–Crippen LogP) is 2.21. The van der Waals surface area contributed by atoms with Crippen molar-refractivity contribution in [1.82, 2.24) is 4.90 Å². The van der Waals surface area contributed by atoms with Gasteiger partial charge >= 0.3 is 0 Å². The molecule has 2 spiro atoms. The summed E-state index contributed by atoms with van der Waals surface area (Å²) in [6, 6.07) is 0.271. The van der Waals surface area contributed by atoms with Crippen LogP contribution in [0.25, 0.3) is 0 Å². The maximum atomic E-state index is 13.5. The van der Waals surface area contributed by atoms with Crippen molar-refractivity contribution >= 4 is 11.6 Å². The molecule has 6 fully saturated rings. The van der Waals surface area contributed by atoms with Gasteiger partial charge in [-0.05, 0) is 61.0 Å². The fraction of sp³-hybridized carbons (Fsp3) is 0.818. The molecule has 5 saturated carbocycles. The minimum absolute atomic E-state index is 0.0308. The molecule has 0 radical (unpaired) electrons. The zero-order valence-corrected chi connectivity index (χ0v) is 15.8. The number of aliphatic hydroxyl groups excluding tert-OH is 1. The summed E-state index contributed by atoms with van der Waals surface area (Å²) in [5, 5.41) is 11.4. The molecule has 5 aliphatic carbocycles. The predicted molar refractivity (Wildman–Crippen MR) is 96.2 cm³/mol. The molecule has 0 aromatic rings. The first kappa shape index (κ1) is 16.0. The van der Waals surface area contributed by atoms with Gasteiger partial charge < -0.3 is 5.11 Å². The maximum absolute atomic E-state index is 13.5. The van der Waals surface area contributed by atoms with Crippen molar-refractivity contribution in [2.75, 3.05) is 13.1 Å². The Balaban J connectivity index is 1.63. The first-order valence-electron chi connectivity index (χ1n) is 10.5. The quantitative estimate of drug-likeness (QED) is 0.733. The zero-order valence-electron chi connectivity index (χ0n) is 15.8. The van der Waals surface area contributed by atoms with E-state index in [0.717, 1.165) is 32.4 Å². The lowest BCUT2D eigenvalue weighted by Crippen LogP contribution is -2.68. The fourth-order valence-corrected chi connectivity index (χ4v) is 9.50. The van der Waals surface area contributed by atoms with E-state index in [1.54, 1.807) is 0 Å². The van der Waals surface area contributed by atoms with Crippen LogP contribution in [-0.4, -0.2) is 46.8 Å². The molecule has 140 valence electrons. The van der Waals surface area contributed by atoms with Crippen molar-refractivity contribution < 1.29 is 14.7 Å². The number of fused-ring (bicyclic) bond motifs is 1. The van der Waals surface area contributed by atoms with Crippen LogP contribution >= 0.6 is 0 Å². The normalized spacial score (nSPS) is 59.9. The largest absolute Gasteiger partial charge is 0.392 e. The van der Waals surface area contributed by atoms with E-state index >= 15 is 0 Å². The summed E-state index contributed by atoms with van der Waals surface area (Å²) in [5.41, 5.74) is 0.119. The average molecular weight is 355 g/mol. The van der Waals surface area contributed by atoms with Crippen molar-refractivity contribution in [2.45, 2.75) is 58.1 Å². The van der Waals surface area contributed by atoms with Gasteiger partial charge in [0, 0.05) is 35.8 Å². The van der Waals surface area contributed by atoms with Crippen LogP contribution in [-0.2, 0) is 9.59 Å². The van der Waals surface area contributed by atoms with Crippen molar-refractivity contribution in [2.24, 2.45) is 39.9 Å². The highest BCUT2D eigenvalue weighted by molar-refractivity contribution is 6.11. The Labute approximate surface area is 155 Å². The Bertz CT molecular complexity index is 775. The summed E-state index contributed by atoms with van der Waals surface area (Å²) >= 11 is 0. The van der Waals surface area contributed by atoms with Crippen LogP contribution in [0.4, 0.5) is 0 Å². The van der Waals surface area contributed by atoms with Crippen molar-refractivity contribution in [3.8, 4) is 0 Å². The number of nitrogens with zero attached hydrogens (tertiary/aromatic N) is 1. The van der Waals surface area contributed by atoms with E-state index in [2.05, 4.69) is 25.3 Å². The molecule has 9 atom stereocenters. The van der Waals surface area contributed by atoms with Crippen LogP contribution < -0.4 is 0 Å². The smallest absolute Gasteiger partial charge is 0.165 e. The lowest BCUT2D eigenvalue weighted by Gasteiger charge is -2.64. The lowest BCUT2D eigenvalue weighted by atomic mass is 9.43. The van der Waals surface area contributed by atoms with Gasteiger partial charge in [-0.2, -0.15) is 0 Å². The number of carbonyl (C=O) groups is 2. The third kappa shape index (κ3) is 1.29. The summed E-state index contributed by atoms with van der Waals surface area (Å²) < 4.78 is 0. The highest BCUT2D eigenvalue weighted by atomic mass is 16.3. The first-order valence-corrected chi connectivity index (χ1v) is 10.5. The second-order valence-electron chi connectivity index (χ2n) is 10.5. The summed E-state index contributed by atoms with van der Waals surface area (Å²) in [6.07, 6.45) is 3.75. The Hall–Kier alpha value is -1.00. The highest BCUT2D eigenvalue weighted by Gasteiger charge is 2.85. The summed E-state index contributed by atoms with van der Waals surface area (Å²) in [7, 11) is 0. The number of rotatable bonds is 1. The molecule has 1 aliphatic heterocycles. The number of piperidine rings is 1. The zero-order chi connectivity index (χ0) is 18.2. The van der Waals surface area contributed by atoms with Gasteiger partial charge in [0.25, 0.3) is 0 Å². The standard InChI is InChI=1S/C22H29NO3/c1-4-23-10-20(3)6-5-17(25)22-15(20)7-13(18(22)23)21-9-12(11(2)19(21)26)14(24)8-16(21)22/h12-13,15-18,25H,2,4-10H2,1,3H3/t12-,13+,15-,16-,17+,18+,20+,21+,22+/m1/s1. The summed E-state index contributed by atoms with van der Waals surface area (Å²) in [4.78, 5) is 29.0. The Morgan fingerprint density at radius 1 is 1.31 bits per heavy atom. The van der Waals surface area contributed by atoms with Gasteiger partial charge in [-0.3, -0.25) is 14.5 Å². The molecular formula is C22H29NO3. The van der Waals surface area contributed by atoms with E-state index in [1.807, 2.05) is 0 Å². The minimum Gasteiger partial charge on any atom is -0.392 e. The molecule has 1 heterocycles. The number of hydrogen-bond acceptors (Lipinski definition) is 4. The molecule has 1 N–H and O–H groups in total. The second-order valence-corrected chi connectivity index (χ2v) is 10.5. The number of hydrogen-bond donors (Lipinski definition) is 1. The monoisotopic (exact) mass is 355 g/mol. The molecular weight excluding hydrogens is 326 g/mol. The van der Waals surface area contributed by atoms with Crippen LogP contribution in [0.5, 0.6) is 0 Å². The third-order valence-corrected chi connectivity index (χ3v) is 10.1. The minimum atomic E-state index is -0.409. The van der Waals surface area contributed by atoms with Crippen LogP contribution in [0.3, 0.4) is 0 Å². The SMILES string of the molecule is C=C1C(=O)[C@]23C[C@H]1C(=O)C[C@H]2[C@@]12[C@@H]4[C@@H]3C[C@@H]1[C@@](C)(CC[C@@H]2O)CN4CC. The topological polar surface area (TPSA) is 57.6 Å². The number of allylic oxidation sites excluding steroid dienone is 1. The van der Waals surface area contributed by atoms with E-state index in [4.69, 9.17) is 0 Å². The molecule has 0 aromatic heterocycles. The molecule has 7 bridgehead atoms. The van der Waals surface area contributed by atoms with E-state index < -0.39 is 5.41 Å². The van der Waals surface area contributed by atoms with Gasteiger partial charge in [0.05, 0.1) is 6.10 Å². The van der Waals surface area contributed by atoms with Crippen molar-refractivity contribution in [1.29, 1.82) is 0 Å². The van der Waals surface area contributed by atoms with E-state index in [-0.39, 0.29) is 46.4 Å². The number of aliphatic hydroxyl groups is 1. The second kappa shape index (κ2) is 4.35. The molecule has 4 nitrogen and oxygen atoms in total. The summed E-state index contributed by atoms with van der Waals surface area (Å²) in [6.45, 7) is 10.7. The van der Waals surface area contributed by atoms with Crippen molar-refractivity contribution in [3.05, 3.63) is 12.2 Å². The van der Waals surface area contributed by atoms with Crippen LogP contribution in [0.15, 0.2) is 12.2 Å². The highest BCUT2D eigenvalue weighted by Crippen LogP contribution is 2.82. The Kier molecular flexibility index (Phi) is 2.68. The molecule has 0 aromatic carbocycles. The molecule has 26 heavy (non-hydrogen) atoms. The van der Waals surface area contributed by atoms with E-state index in [1.165, 1.54) is 0 Å². The van der Waals surface area contributed by atoms with E-state index in [0.29, 0.717) is 30.3 Å². The fourth-order valence-electron chi connectivity index (χ4n) is 9.50. The molecule has 0 unspecified atom stereocenters. The van der Waals surface area contributed by atoms with Gasteiger partial charge in [-0.1, -0.05) is 20.4 Å². The third-order valence-electron chi connectivity index (χ3n) is 10.1. The number of carbonyl (C=O) groups excluding carboxylic acids is 2. The van der Waals surface area contributed by atoms with Gasteiger partial charge in [-0.15, -0.1) is 0 Å². The average Bonchev–Trinajstić information content (AvgIpc) is 3.14. The number of Topliss-reactive ketones (excluding diaryl/α,β-unsaturated/α-hetero) is 2. The Morgan fingerprint density at radius 3 is 2.81 bits per heavy atom. The summed E-state index contributed by atoms with van der Waals surface area (Å²) in [5.74, 6) is 0.942. The Morgan fingerprint density at radius 2 is 2.08 bits per heavy atom. The van der Waals surface area contributed by atoms with Crippen LogP contribution in [0, 0.1) is 39.9 Å². The molecule has 0 amide bonds. The van der Waals surface area contributed by atoms with Crippen molar-refractivity contribution in [3.63, 3.8) is 0 Å². The van der Waals surface area contributed by atoms with Crippen LogP contribution in [0.2, 0.25) is 0 Å². The molecule has 6 aliphatic rings. The molecule has 1 saturated heterocycles. The lowest BCUT2D eigenvalue weighted by molar-refractivity contribution is -0.205. The molecule has 4 heteroatoms. The van der Waals surface area contributed by atoms with Gasteiger partial charge in [0.2, 0.25) is 0 Å². The van der Waals surface area contributed by atoms with Crippen LogP contribution in [0.1, 0.15) is 46.0 Å². The number of likely N-dealkylation sites (tertiary alicyclic amines) is 1. The first-order chi connectivity index (χ1) is 12.3. The maximum Gasteiger partial charge on any atom is 0.165 e. The number of ketones is 2. The van der Waals surface area contributed by atoms with Gasteiger partial charge in [-0.25, -0.2) is 0 Å².